The van der Waals surface area contributed by atoms with Crippen molar-refractivity contribution < 1.29 is 27.1 Å². The van der Waals surface area contributed by atoms with E-state index in [0.29, 0.717) is 58.9 Å². The highest BCUT2D eigenvalue weighted by atomic mass is 19.4. The van der Waals surface area contributed by atoms with Crippen molar-refractivity contribution in [3.05, 3.63) is 66.1 Å². The van der Waals surface area contributed by atoms with Crippen molar-refractivity contribution in [2.75, 3.05) is 30.3 Å². The maximum atomic E-state index is 14.3. The normalized spacial score (nSPS) is 17.9. The maximum Gasteiger partial charge on any atom is 0.416 e. The van der Waals surface area contributed by atoms with Gasteiger partial charge in [0, 0.05) is 38.5 Å². The average Bonchev–Trinajstić information content (AvgIpc) is 3.18. The number of fused-ring (bicyclic) bond motifs is 1. The number of hydrogen-bond acceptors (Lipinski definition) is 6. The van der Waals surface area contributed by atoms with Crippen LogP contribution in [0.5, 0.6) is 11.5 Å². The van der Waals surface area contributed by atoms with E-state index in [0.717, 1.165) is 25.6 Å². The van der Waals surface area contributed by atoms with Gasteiger partial charge < -0.3 is 19.9 Å². The van der Waals surface area contributed by atoms with Gasteiger partial charge >= 0.3 is 6.18 Å². The predicted molar refractivity (Wildman–Crippen MR) is 148 cm³/mol. The molecule has 2 unspecified atom stereocenters. The monoisotopic (exact) mass is 570 g/mol. The van der Waals surface area contributed by atoms with Crippen molar-refractivity contribution in [3.63, 3.8) is 0 Å². The molecule has 0 bridgehead atoms. The topological polar surface area (TPSA) is 84.3 Å². The van der Waals surface area contributed by atoms with E-state index >= 15 is 0 Å². The van der Waals surface area contributed by atoms with Gasteiger partial charge in [-0.05, 0) is 54.7 Å². The molecule has 1 aliphatic heterocycles. The van der Waals surface area contributed by atoms with Gasteiger partial charge in [0.1, 0.15) is 23.1 Å². The number of halogens is 4. The molecule has 2 aromatic carbocycles. The predicted octanol–water partition coefficient (Wildman–Crippen LogP) is 6.58. The lowest BCUT2D eigenvalue weighted by atomic mass is 9.92. The Morgan fingerprint density at radius 1 is 1.05 bits per heavy atom. The largest absolute Gasteiger partial charge is 0.457 e. The Bertz CT molecular complexity index is 1560. The SMILES string of the molecule is CC1CC(C)CN(CC(=O)Nc2cc(Oc3ccc4c(c3)nc(Nc3cc(C(F)(F)F)ccc3F)n4C)ccn2)C1. The first-order valence-electron chi connectivity index (χ1n) is 13.2. The van der Waals surface area contributed by atoms with E-state index in [1.54, 1.807) is 41.9 Å². The van der Waals surface area contributed by atoms with Crippen LogP contribution in [0, 0.1) is 17.7 Å². The zero-order valence-corrected chi connectivity index (χ0v) is 22.8. The van der Waals surface area contributed by atoms with Gasteiger partial charge in [0.15, 0.2) is 0 Å². The molecule has 216 valence electrons. The van der Waals surface area contributed by atoms with Crippen molar-refractivity contribution in [1.29, 1.82) is 0 Å². The highest BCUT2D eigenvalue weighted by Crippen LogP contribution is 2.34. The molecule has 1 amide bonds. The first-order chi connectivity index (χ1) is 19.4. The van der Waals surface area contributed by atoms with E-state index in [1.165, 1.54) is 6.20 Å². The lowest BCUT2D eigenvalue weighted by Gasteiger charge is -2.34. The fourth-order valence-electron chi connectivity index (χ4n) is 5.26. The fourth-order valence-corrected chi connectivity index (χ4v) is 5.26. The van der Waals surface area contributed by atoms with E-state index in [2.05, 4.69) is 39.3 Å². The van der Waals surface area contributed by atoms with Gasteiger partial charge in [0.2, 0.25) is 11.9 Å². The molecule has 2 aromatic heterocycles. The summed E-state index contributed by atoms with van der Waals surface area (Å²) in [6, 6.07) is 10.5. The number of anilines is 3. The lowest BCUT2D eigenvalue weighted by Crippen LogP contribution is -2.42. The number of rotatable bonds is 7. The summed E-state index contributed by atoms with van der Waals surface area (Å²) in [5, 5.41) is 5.48. The number of nitrogens with one attached hydrogen (secondary N) is 2. The number of ether oxygens (including phenoxy) is 1. The molecule has 5 rings (SSSR count). The Hall–Kier alpha value is -4.19. The van der Waals surface area contributed by atoms with Crippen LogP contribution in [0.25, 0.3) is 11.0 Å². The summed E-state index contributed by atoms with van der Waals surface area (Å²) in [5.74, 6) is 1.50. The first kappa shape index (κ1) is 28.3. The summed E-state index contributed by atoms with van der Waals surface area (Å²) in [5.41, 5.74) is -0.187. The van der Waals surface area contributed by atoms with Gasteiger partial charge in [0.25, 0.3) is 0 Å². The highest BCUT2D eigenvalue weighted by molar-refractivity contribution is 5.91. The van der Waals surface area contributed by atoms with Crippen molar-refractivity contribution >= 4 is 34.4 Å². The highest BCUT2D eigenvalue weighted by Gasteiger charge is 2.31. The fraction of sp³-hybridized carbons (Fsp3) is 0.345. The second-order valence-electron chi connectivity index (χ2n) is 10.6. The molecule has 2 N–H and O–H groups in total. The molecule has 41 heavy (non-hydrogen) atoms. The third-order valence-corrected chi connectivity index (χ3v) is 6.94. The number of likely N-dealkylation sites (tertiary alicyclic amines) is 1. The number of imidazole rings is 1. The second kappa shape index (κ2) is 11.4. The summed E-state index contributed by atoms with van der Waals surface area (Å²) in [4.78, 5) is 23.4. The Labute approximate surface area is 234 Å². The second-order valence-corrected chi connectivity index (χ2v) is 10.6. The van der Waals surface area contributed by atoms with Crippen LogP contribution in [-0.2, 0) is 18.0 Å². The van der Waals surface area contributed by atoms with Crippen molar-refractivity contribution in [1.82, 2.24) is 19.4 Å². The molecule has 0 radical (unpaired) electrons. The Morgan fingerprint density at radius 3 is 2.51 bits per heavy atom. The van der Waals surface area contributed by atoms with Gasteiger partial charge in [-0.2, -0.15) is 13.2 Å². The minimum atomic E-state index is -4.61. The average molecular weight is 571 g/mol. The molecule has 0 saturated carbocycles. The quantitative estimate of drug-likeness (QED) is 0.244. The van der Waals surface area contributed by atoms with Crippen LogP contribution < -0.4 is 15.4 Å². The van der Waals surface area contributed by atoms with Crippen LogP contribution in [-0.4, -0.2) is 45.0 Å². The van der Waals surface area contributed by atoms with Crippen molar-refractivity contribution in [3.8, 4) is 11.5 Å². The van der Waals surface area contributed by atoms with Gasteiger partial charge in [0.05, 0.1) is 28.8 Å². The minimum absolute atomic E-state index is 0.150. The number of carbonyl (C=O) groups is 1. The summed E-state index contributed by atoms with van der Waals surface area (Å²) in [7, 11) is 1.66. The van der Waals surface area contributed by atoms with E-state index in [4.69, 9.17) is 4.74 Å². The molecule has 0 aliphatic carbocycles. The number of pyridine rings is 1. The molecule has 1 saturated heterocycles. The van der Waals surface area contributed by atoms with Crippen LogP contribution in [0.15, 0.2) is 54.7 Å². The Balaban J connectivity index is 1.28. The number of piperidine rings is 1. The summed E-state index contributed by atoms with van der Waals surface area (Å²) < 4.78 is 61.2. The molecule has 1 aliphatic rings. The number of benzene rings is 2. The molecule has 0 spiro atoms. The van der Waals surface area contributed by atoms with Crippen molar-refractivity contribution in [2.24, 2.45) is 18.9 Å². The van der Waals surface area contributed by atoms with E-state index in [9.17, 15) is 22.4 Å². The molecule has 8 nitrogen and oxygen atoms in total. The van der Waals surface area contributed by atoms with Gasteiger partial charge in [-0.15, -0.1) is 0 Å². The number of carbonyl (C=O) groups excluding carboxylic acids is 1. The van der Waals surface area contributed by atoms with Crippen LogP contribution in [0.2, 0.25) is 0 Å². The van der Waals surface area contributed by atoms with Crippen molar-refractivity contribution in [2.45, 2.75) is 26.4 Å². The van der Waals surface area contributed by atoms with E-state index in [-0.39, 0.29) is 17.5 Å². The molecule has 2 atom stereocenters. The number of aromatic nitrogens is 3. The molecule has 3 heterocycles. The standard InChI is InChI=1S/C29H30F4N6O2/c1-17-10-18(2)15-39(14-17)16-27(40)37-26-13-21(8-9-34-26)41-20-5-7-25-24(12-20)36-28(38(25)3)35-23-11-19(29(31,32)33)4-6-22(23)30/h4-9,11-13,17-18H,10,14-16H2,1-3H3,(H,35,36)(H,34,37,40). The zero-order chi connectivity index (χ0) is 29.3. The number of nitrogens with zero attached hydrogens (tertiary/aromatic N) is 4. The van der Waals surface area contributed by atoms with Crippen LogP contribution >= 0.6 is 0 Å². The molecule has 4 aromatic rings. The maximum absolute atomic E-state index is 14.3. The van der Waals surface area contributed by atoms with E-state index < -0.39 is 17.6 Å². The Morgan fingerprint density at radius 2 is 1.78 bits per heavy atom. The molecule has 12 heteroatoms. The van der Waals surface area contributed by atoms with Crippen LogP contribution in [0.1, 0.15) is 25.8 Å². The summed E-state index contributed by atoms with van der Waals surface area (Å²) >= 11 is 0. The first-order valence-corrected chi connectivity index (χ1v) is 13.2. The third-order valence-electron chi connectivity index (χ3n) is 6.94. The van der Waals surface area contributed by atoms with Gasteiger partial charge in [-0.25, -0.2) is 14.4 Å². The molecule has 1 fully saturated rings. The molecular formula is C29H30F4N6O2. The smallest absolute Gasteiger partial charge is 0.416 e. The number of hydrogen-bond donors (Lipinski definition) is 2. The van der Waals surface area contributed by atoms with Gasteiger partial charge in [-0.1, -0.05) is 13.8 Å². The van der Waals surface area contributed by atoms with E-state index in [1.807, 2.05) is 0 Å². The number of amides is 1. The summed E-state index contributed by atoms with van der Waals surface area (Å²) in [6.07, 6.45) is -1.92. The number of alkyl halides is 3. The lowest BCUT2D eigenvalue weighted by molar-refractivity contribution is -0.137. The molecular weight excluding hydrogens is 540 g/mol. The van der Waals surface area contributed by atoms with Crippen LogP contribution in [0.3, 0.4) is 0 Å². The number of aryl methyl sites for hydroxylation is 1. The zero-order valence-electron chi connectivity index (χ0n) is 22.8. The summed E-state index contributed by atoms with van der Waals surface area (Å²) in [6.45, 7) is 6.45. The minimum Gasteiger partial charge on any atom is -0.457 e. The van der Waals surface area contributed by atoms with Gasteiger partial charge in [-0.3, -0.25) is 9.69 Å². The third kappa shape index (κ3) is 6.76. The Kier molecular flexibility index (Phi) is 7.85. The van der Waals surface area contributed by atoms with Crippen LogP contribution in [0.4, 0.5) is 35.0 Å².